The molecule has 1 amide bonds. The van der Waals surface area contributed by atoms with Gasteiger partial charge in [-0.1, -0.05) is 12.1 Å². The molecule has 4 nitrogen and oxygen atoms in total. The number of hydrogen-bond donors (Lipinski definition) is 3. The number of halogens is 2. The van der Waals surface area contributed by atoms with E-state index in [0.29, 0.717) is 5.56 Å². The van der Waals surface area contributed by atoms with Crippen molar-refractivity contribution in [2.75, 3.05) is 6.61 Å². The average molecular weight is 249 g/mol. The molecule has 0 saturated carbocycles. The summed E-state index contributed by atoms with van der Waals surface area (Å²) in [5.41, 5.74) is 10.8. The number of hydrogen-bond acceptors (Lipinski definition) is 3. The van der Waals surface area contributed by atoms with E-state index in [1.165, 1.54) is 6.07 Å². The second-order valence-corrected chi connectivity index (χ2v) is 3.28. The first-order valence-corrected chi connectivity index (χ1v) is 4.50. The topological polar surface area (TPSA) is 89.3 Å². The van der Waals surface area contributed by atoms with Gasteiger partial charge in [0.2, 0.25) is 0 Å². The predicted octanol–water partition coefficient (Wildman–Crippen LogP) is 0.209. The molecule has 0 aliphatic heterocycles. The molecule has 0 unspecified atom stereocenters. The van der Waals surface area contributed by atoms with Crippen LogP contribution < -0.4 is 11.5 Å². The van der Waals surface area contributed by atoms with Crippen LogP contribution in [0.2, 0.25) is 0 Å². The van der Waals surface area contributed by atoms with Crippen molar-refractivity contribution in [1.29, 1.82) is 0 Å². The SMILES string of the molecule is Cl.NC(=O)c1c(F)cccc1C[C@H](N)CO. The van der Waals surface area contributed by atoms with Crippen LogP contribution in [0, 0.1) is 5.82 Å². The van der Waals surface area contributed by atoms with Crippen molar-refractivity contribution in [3.05, 3.63) is 35.1 Å². The Balaban J connectivity index is 0.00000225. The normalized spacial score (nSPS) is 11.7. The molecule has 0 bridgehead atoms. The highest BCUT2D eigenvalue weighted by Gasteiger charge is 2.15. The Morgan fingerprint density at radius 1 is 1.50 bits per heavy atom. The number of aliphatic hydroxyl groups is 1. The molecule has 0 aliphatic carbocycles. The molecule has 0 heterocycles. The third kappa shape index (κ3) is 3.44. The highest BCUT2D eigenvalue weighted by Crippen LogP contribution is 2.14. The van der Waals surface area contributed by atoms with Crippen molar-refractivity contribution < 1.29 is 14.3 Å². The summed E-state index contributed by atoms with van der Waals surface area (Å²) in [7, 11) is 0. The zero-order valence-electron chi connectivity index (χ0n) is 8.52. The number of primary amides is 1. The van der Waals surface area contributed by atoms with Crippen LogP contribution in [0.4, 0.5) is 4.39 Å². The standard InChI is InChI=1S/C10H13FN2O2.ClH/c11-8-3-1-2-6(4-7(12)5-14)9(8)10(13)15;/h1-3,7,14H,4-5,12H2,(H2,13,15);1H/t7-;/m0./s1. The van der Waals surface area contributed by atoms with Gasteiger partial charge in [0.1, 0.15) is 5.82 Å². The second-order valence-electron chi connectivity index (χ2n) is 3.28. The number of benzene rings is 1. The summed E-state index contributed by atoms with van der Waals surface area (Å²) in [5, 5.41) is 8.76. The van der Waals surface area contributed by atoms with Gasteiger partial charge in [0, 0.05) is 6.04 Å². The number of amides is 1. The zero-order chi connectivity index (χ0) is 11.4. The summed E-state index contributed by atoms with van der Waals surface area (Å²) in [6.07, 6.45) is 0.215. The molecule has 16 heavy (non-hydrogen) atoms. The summed E-state index contributed by atoms with van der Waals surface area (Å²) >= 11 is 0. The summed E-state index contributed by atoms with van der Waals surface area (Å²) in [6.45, 7) is -0.227. The van der Waals surface area contributed by atoms with Gasteiger partial charge in [-0.3, -0.25) is 4.79 Å². The van der Waals surface area contributed by atoms with Crippen molar-refractivity contribution in [3.8, 4) is 0 Å². The smallest absolute Gasteiger partial charge is 0.251 e. The lowest BCUT2D eigenvalue weighted by Gasteiger charge is -2.11. The first kappa shape index (κ1) is 14.8. The molecule has 1 atom stereocenters. The highest BCUT2D eigenvalue weighted by atomic mass is 35.5. The van der Waals surface area contributed by atoms with Crippen molar-refractivity contribution in [2.45, 2.75) is 12.5 Å². The van der Waals surface area contributed by atoms with Gasteiger partial charge in [-0.15, -0.1) is 12.4 Å². The lowest BCUT2D eigenvalue weighted by Crippen LogP contribution is -2.28. The highest BCUT2D eigenvalue weighted by molar-refractivity contribution is 5.94. The number of carbonyl (C=O) groups is 1. The average Bonchev–Trinajstić information content (AvgIpc) is 2.17. The summed E-state index contributed by atoms with van der Waals surface area (Å²) in [5.74, 6) is -1.49. The minimum Gasteiger partial charge on any atom is -0.395 e. The molecule has 0 radical (unpaired) electrons. The fourth-order valence-corrected chi connectivity index (χ4v) is 1.36. The molecule has 6 heteroatoms. The molecule has 1 rings (SSSR count). The fourth-order valence-electron chi connectivity index (χ4n) is 1.36. The predicted molar refractivity (Wildman–Crippen MR) is 60.9 cm³/mol. The first-order chi connectivity index (χ1) is 7.06. The lowest BCUT2D eigenvalue weighted by molar-refractivity contribution is 0.0995. The molecule has 0 aromatic heterocycles. The van der Waals surface area contributed by atoms with Crippen molar-refractivity contribution in [3.63, 3.8) is 0 Å². The van der Waals surface area contributed by atoms with Gasteiger partial charge in [-0.05, 0) is 18.1 Å². The lowest BCUT2D eigenvalue weighted by atomic mass is 10.00. The minimum absolute atomic E-state index is 0. The molecule has 0 spiro atoms. The van der Waals surface area contributed by atoms with E-state index in [1.54, 1.807) is 6.07 Å². The largest absolute Gasteiger partial charge is 0.395 e. The molecule has 0 fully saturated rings. The van der Waals surface area contributed by atoms with E-state index in [9.17, 15) is 9.18 Å². The Labute approximate surface area is 98.8 Å². The van der Waals surface area contributed by atoms with Crippen LogP contribution in [-0.2, 0) is 6.42 Å². The van der Waals surface area contributed by atoms with E-state index in [0.717, 1.165) is 6.07 Å². The number of rotatable bonds is 4. The van der Waals surface area contributed by atoms with E-state index in [1.807, 2.05) is 0 Å². The molecule has 1 aromatic rings. The molecule has 0 saturated heterocycles. The third-order valence-corrected chi connectivity index (χ3v) is 2.06. The Morgan fingerprint density at radius 2 is 2.12 bits per heavy atom. The molecular formula is C10H14ClFN2O2. The van der Waals surface area contributed by atoms with Gasteiger partial charge < -0.3 is 16.6 Å². The van der Waals surface area contributed by atoms with Gasteiger partial charge >= 0.3 is 0 Å². The summed E-state index contributed by atoms with van der Waals surface area (Å²) in [6, 6.07) is 3.68. The van der Waals surface area contributed by atoms with Crippen LogP contribution in [-0.4, -0.2) is 23.7 Å². The molecule has 1 aromatic carbocycles. The van der Waals surface area contributed by atoms with E-state index in [2.05, 4.69) is 0 Å². The Kier molecular flexibility index (Phi) is 5.95. The Morgan fingerprint density at radius 3 is 2.62 bits per heavy atom. The molecule has 90 valence electrons. The Hall–Kier alpha value is -1.17. The minimum atomic E-state index is -0.826. The number of carbonyl (C=O) groups excluding carboxylic acids is 1. The van der Waals surface area contributed by atoms with E-state index in [4.69, 9.17) is 16.6 Å². The summed E-state index contributed by atoms with van der Waals surface area (Å²) in [4.78, 5) is 11.0. The van der Waals surface area contributed by atoms with Crippen LogP contribution in [0.25, 0.3) is 0 Å². The van der Waals surface area contributed by atoms with Crippen LogP contribution in [0.3, 0.4) is 0 Å². The first-order valence-electron chi connectivity index (χ1n) is 4.50. The summed E-state index contributed by atoms with van der Waals surface area (Å²) < 4.78 is 13.3. The van der Waals surface area contributed by atoms with Gasteiger partial charge in [0.05, 0.1) is 12.2 Å². The van der Waals surface area contributed by atoms with Crippen molar-refractivity contribution >= 4 is 18.3 Å². The second kappa shape index (κ2) is 6.42. The van der Waals surface area contributed by atoms with Crippen LogP contribution >= 0.6 is 12.4 Å². The zero-order valence-corrected chi connectivity index (χ0v) is 9.34. The van der Waals surface area contributed by atoms with Gasteiger partial charge in [0.15, 0.2) is 0 Å². The van der Waals surface area contributed by atoms with Crippen LogP contribution in [0.15, 0.2) is 18.2 Å². The quantitative estimate of drug-likeness (QED) is 0.712. The number of nitrogens with two attached hydrogens (primary N) is 2. The third-order valence-electron chi connectivity index (χ3n) is 2.06. The molecule has 5 N–H and O–H groups in total. The van der Waals surface area contributed by atoms with Crippen LogP contribution in [0.5, 0.6) is 0 Å². The maximum Gasteiger partial charge on any atom is 0.251 e. The van der Waals surface area contributed by atoms with E-state index >= 15 is 0 Å². The van der Waals surface area contributed by atoms with Gasteiger partial charge in [-0.2, -0.15) is 0 Å². The molecule has 0 aliphatic rings. The van der Waals surface area contributed by atoms with E-state index in [-0.39, 0.29) is 31.0 Å². The number of aliphatic hydroxyl groups excluding tert-OH is 1. The fraction of sp³-hybridized carbons (Fsp3) is 0.300. The maximum atomic E-state index is 13.3. The van der Waals surface area contributed by atoms with Gasteiger partial charge in [0.25, 0.3) is 5.91 Å². The van der Waals surface area contributed by atoms with Crippen LogP contribution in [0.1, 0.15) is 15.9 Å². The Bertz CT molecular complexity index is 374. The maximum absolute atomic E-state index is 13.3. The monoisotopic (exact) mass is 248 g/mol. The van der Waals surface area contributed by atoms with E-state index < -0.39 is 17.8 Å². The molecular weight excluding hydrogens is 235 g/mol. The van der Waals surface area contributed by atoms with Crippen molar-refractivity contribution in [1.82, 2.24) is 0 Å². The van der Waals surface area contributed by atoms with Crippen molar-refractivity contribution in [2.24, 2.45) is 11.5 Å². The van der Waals surface area contributed by atoms with Gasteiger partial charge in [-0.25, -0.2) is 4.39 Å².